The molecule has 1 N–H and O–H groups in total. The third-order valence-corrected chi connectivity index (χ3v) is 6.51. The zero-order valence-corrected chi connectivity index (χ0v) is 21.2. The second-order valence-corrected chi connectivity index (χ2v) is 9.21. The number of methoxy groups -OCH3 is 1. The van der Waals surface area contributed by atoms with Crippen molar-refractivity contribution in [2.24, 2.45) is 0 Å². The fraction of sp³-hybridized carbons (Fsp3) is 0.0833. The van der Waals surface area contributed by atoms with Gasteiger partial charge in [-0.15, -0.1) is 0 Å². The molecule has 31 heavy (non-hydrogen) atoms. The Labute approximate surface area is 206 Å². The molecule has 0 aromatic heterocycles. The lowest BCUT2D eigenvalue weighted by atomic mass is 10.0. The highest BCUT2D eigenvalue weighted by atomic mass is 79.9. The number of amides is 1. The number of nitrogens with one attached hydrogen (secondary N) is 1. The van der Waals surface area contributed by atoms with Gasteiger partial charge >= 0.3 is 0 Å². The topological polar surface area (TPSA) is 62.1 Å². The third-order valence-electron chi connectivity index (χ3n) is 4.50. The van der Waals surface area contributed by atoms with Crippen molar-refractivity contribution in [3.8, 4) is 11.8 Å². The summed E-state index contributed by atoms with van der Waals surface area (Å²) in [5.74, 6) is 0.194. The van der Waals surface area contributed by atoms with Crippen LogP contribution in [0, 0.1) is 11.3 Å². The normalized spacial score (nSPS) is 11.0. The molecule has 1 amide bonds. The second kappa shape index (κ2) is 10.8. The minimum atomic E-state index is -0.475. The Balaban J connectivity index is 1.89. The Morgan fingerprint density at radius 3 is 2.42 bits per heavy atom. The maximum Gasteiger partial charge on any atom is 0.266 e. The van der Waals surface area contributed by atoms with Crippen molar-refractivity contribution >= 4 is 65.5 Å². The molecular weight excluding hydrogens is 588 g/mol. The summed E-state index contributed by atoms with van der Waals surface area (Å²) < 4.78 is 8.35. The number of hydrogen-bond donors (Lipinski definition) is 1. The van der Waals surface area contributed by atoms with Gasteiger partial charge < -0.3 is 10.1 Å². The zero-order chi connectivity index (χ0) is 22.4. The molecule has 0 unspecified atom stereocenters. The van der Waals surface area contributed by atoms with Crippen LogP contribution in [0.25, 0.3) is 6.08 Å². The SMILES string of the molecule is COc1cc(/C=C(\C#N)C(=O)Nc2ccc(Br)cc2)cc(Br)c1Cc1ccccc1Br. The molecule has 0 saturated carbocycles. The molecule has 3 aromatic rings. The van der Waals surface area contributed by atoms with Gasteiger partial charge in [0.05, 0.1) is 7.11 Å². The molecule has 3 aromatic carbocycles. The molecule has 156 valence electrons. The molecule has 3 rings (SSSR count). The maximum atomic E-state index is 12.6. The number of carbonyl (C=O) groups excluding carboxylic acids is 1. The van der Waals surface area contributed by atoms with Gasteiger partial charge in [-0.05, 0) is 59.7 Å². The molecule has 0 saturated heterocycles. The molecule has 0 aliphatic rings. The molecule has 0 radical (unpaired) electrons. The summed E-state index contributed by atoms with van der Waals surface area (Å²) in [6, 6.07) is 20.8. The van der Waals surface area contributed by atoms with Crippen molar-refractivity contribution in [3.05, 3.63) is 96.3 Å². The third kappa shape index (κ3) is 6.07. The Kier molecular flexibility index (Phi) is 8.08. The van der Waals surface area contributed by atoms with Crippen molar-refractivity contribution in [3.63, 3.8) is 0 Å². The van der Waals surface area contributed by atoms with E-state index in [1.165, 1.54) is 0 Å². The number of benzene rings is 3. The average Bonchev–Trinajstić information content (AvgIpc) is 2.76. The predicted molar refractivity (Wildman–Crippen MR) is 134 cm³/mol. The van der Waals surface area contributed by atoms with Gasteiger partial charge in [0.2, 0.25) is 0 Å². The first kappa shape index (κ1) is 23.3. The van der Waals surface area contributed by atoms with Crippen LogP contribution < -0.4 is 10.1 Å². The Morgan fingerprint density at radius 2 is 1.77 bits per heavy atom. The number of nitrogens with zero attached hydrogens (tertiary/aromatic N) is 1. The van der Waals surface area contributed by atoms with Crippen LogP contribution in [0.15, 0.2) is 79.7 Å². The van der Waals surface area contributed by atoms with Gasteiger partial charge in [0.25, 0.3) is 5.91 Å². The molecule has 0 atom stereocenters. The second-order valence-electron chi connectivity index (χ2n) is 6.58. The average molecular weight is 605 g/mol. The minimum absolute atomic E-state index is 0.00424. The number of nitriles is 1. The van der Waals surface area contributed by atoms with Gasteiger partial charge in [0, 0.05) is 31.1 Å². The first-order valence-corrected chi connectivity index (χ1v) is 11.6. The number of hydrogen-bond acceptors (Lipinski definition) is 3. The Hall–Kier alpha value is -2.40. The monoisotopic (exact) mass is 602 g/mol. The summed E-state index contributed by atoms with van der Waals surface area (Å²) in [4.78, 5) is 12.6. The molecule has 7 heteroatoms. The van der Waals surface area contributed by atoms with Crippen LogP contribution in [0.4, 0.5) is 5.69 Å². The van der Waals surface area contributed by atoms with Gasteiger partial charge in [-0.2, -0.15) is 5.26 Å². The van der Waals surface area contributed by atoms with E-state index in [1.807, 2.05) is 54.6 Å². The van der Waals surface area contributed by atoms with Crippen molar-refractivity contribution in [2.75, 3.05) is 12.4 Å². The van der Waals surface area contributed by atoms with Crippen molar-refractivity contribution in [2.45, 2.75) is 6.42 Å². The van der Waals surface area contributed by atoms with Crippen LogP contribution in [-0.4, -0.2) is 13.0 Å². The molecule has 0 aliphatic heterocycles. The van der Waals surface area contributed by atoms with E-state index in [4.69, 9.17) is 4.74 Å². The fourth-order valence-corrected chi connectivity index (χ4v) is 4.24. The van der Waals surface area contributed by atoms with Crippen LogP contribution >= 0.6 is 47.8 Å². The number of carbonyl (C=O) groups is 1. The lowest BCUT2D eigenvalue weighted by Crippen LogP contribution is -2.13. The molecule has 0 spiro atoms. The highest BCUT2D eigenvalue weighted by Gasteiger charge is 2.14. The molecule has 0 heterocycles. The van der Waals surface area contributed by atoms with E-state index < -0.39 is 5.91 Å². The Morgan fingerprint density at radius 1 is 1.06 bits per heavy atom. The summed E-state index contributed by atoms with van der Waals surface area (Å²) in [5, 5.41) is 12.3. The van der Waals surface area contributed by atoms with Crippen molar-refractivity contribution in [1.29, 1.82) is 5.26 Å². The summed E-state index contributed by atoms with van der Waals surface area (Å²) in [5.41, 5.74) is 3.38. The highest BCUT2D eigenvalue weighted by Crippen LogP contribution is 2.33. The smallest absolute Gasteiger partial charge is 0.266 e. The van der Waals surface area contributed by atoms with Gasteiger partial charge in [-0.25, -0.2) is 0 Å². The maximum absolute atomic E-state index is 12.6. The van der Waals surface area contributed by atoms with Crippen LogP contribution in [0.1, 0.15) is 16.7 Å². The largest absolute Gasteiger partial charge is 0.496 e. The number of ether oxygens (including phenoxy) is 1. The quantitative estimate of drug-likeness (QED) is 0.241. The summed E-state index contributed by atoms with van der Waals surface area (Å²) in [6.07, 6.45) is 2.20. The zero-order valence-electron chi connectivity index (χ0n) is 16.5. The van der Waals surface area contributed by atoms with Crippen molar-refractivity contribution in [1.82, 2.24) is 0 Å². The van der Waals surface area contributed by atoms with Crippen LogP contribution in [0.3, 0.4) is 0 Å². The van der Waals surface area contributed by atoms with Gasteiger partial charge in [-0.1, -0.05) is 66.0 Å². The van der Waals surface area contributed by atoms with E-state index in [2.05, 4.69) is 53.1 Å². The first-order chi connectivity index (χ1) is 14.9. The Bertz CT molecular complexity index is 1180. The predicted octanol–water partition coefficient (Wildman–Crippen LogP) is 7.12. The van der Waals surface area contributed by atoms with Crippen LogP contribution in [0.2, 0.25) is 0 Å². The molecular formula is C24H17Br3N2O2. The number of rotatable bonds is 6. The van der Waals surface area contributed by atoms with Crippen molar-refractivity contribution < 1.29 is 9.53 Å². The van der Waals surface area contributed by atoms with E-state index in [0.717, 1.165) is 24.5 Å². The lowest BCUT2D eigenvalue weighted by molar-refractivity contribution is -0.112. The van der Waals surface area contributed by atoms with E-state index in [0.29, 0.717) is 23.4 Å². The van der Waals surface area contributed by atoms with E-state index in [9.17, 15) is 10.1 Å². The highest BCUT2D eigenvalue weighted by molar-refractivity contribution is 9.11. The summed E-state index contributed by atoms with van der Waals surface area (Å²) in [6.45, 7) is 0. The standard InChI is InChI=1S/C24H17Br3N2O2/c1-31-23-12-15(11-22(27)20(23)13-16-4-2-3-5-21(16)26)10-17(14-28)24(30)29-19-8-6-18(25)7-9-19/h2-12H,13H2,1H3,(H,29,30)/b17-10+. The number of anilines is 1. The first-order valence-electron chi connectivity index (χ1n) is 9.19. The van der Waals surface area contributed by atoms with E-state index in [-0.39, 0.29) is 5.57 Å². The van der Waals surface area contributed by atoms with E-state index >= 15 is 0 Å². The number of halogens is 3. The lowest BCUT2D eigenvalue weighted by Gasteiger charge is -2.13. The van der Waals surface area contributed by atoms with Crippen LogP contribution in [0.5, 0.6) is 5.75 Å². The molecule has 0 aliphatic carbocycles. The summed E-state index contributed by atoms with van der Waals surface area (Å²) >= 11 is 10.6. The summed E-state index contributed by atoms with van der Waals surface area (Å²) in [7, 11) is 1.60. The molecule has 4 nitrogen and oxygen atoms in total. The minimum Gasteiger partial charge on any atom is -0.496 e. The molecule has 0 fully saturated rings. The molecule has 0 bridgehead atoms. The van der Waals surface area contributed by atoms with E-state index in [1.54, 1.807) is 25.3 Å². The van der Waals surface area contributed by atoms with Gasteiger partial charge in [0.15, 0.2) is 0 Å². The fourth-order valence-electron chi connectivity index (χ4n) is 2.95. The van der Waals surface area contributed by atoms with Gasteiger partial charge in [-0.3, -0.25) is 4.79 Å². The van der Waals surface area contributed by atoms with Gasteiger partial charge in [0.1, 0.15) is 17.4 Å². The van der Waals surface area contributed by atoms with Crippen LogP contribution in [-0.2, 0) is 11.2 Å².